The first kappa shape index (κ1) is 14.6. The number of carbonyl (C=O) groups is 1. The Bertz CT molecular complexity index is 599. The average Bonchev–Trinajstić information content (AvgIpc) is 2.52. The van der Waals surface area contributed by atoms with E-state index in [0.29, 0.717) is 23.9 Å². The summed E-state index contributed by atoms with van der Waals surface area (Å²) < 4.78 is 10.4. The maximum atomic E-state index is 11.7. The Morgan fingerprint density at radius 1 is 1.29 bits per heavy atom. The summed E-state index contributed by atoms with van der Waals surface area (Å²) in [6, 6.07) is 10.4. The smallest absolute Gasteiger partial charge is 0.258 e. The van der Waals surface area contributed by atoms with Crippen LogP contribution in [0.15, 0.2) is 42.6 Å². The highest BCUT2D eigenvalue weighted by atomic mass is 16.5. The number of aromatic nitrogens is 1. The predicted molar refractivity (Wildman–Crippen MR) is 79.0 cm³/mol. The molecule has 0 aliphatic rings. The van der Waals surface area contributed by atoms with Crippen LogP contribution >= 0.6 is 0 Å². The average molecular weight is 287 g/mol. The van der Waals surface area contributed by atoms with Crippen LogP contribution in [0, 0.1) is 0 Å². The van der Waals surface area contributed by atoms with Gasteiger partial charge in [-0.3, -0.25) is 4.79 Å². The van der Waals surface area contributed by atoms with Crippen molar-refractivity contribution >= 4 is 11.6 Å². The van der Waals surface area contributed by atoms with Crippen molar-refractivity contribution < 1.29 is 14.3 Å². The molecular formula is C15H17N3O3. The highest BCUT2D eigenvalue weighted by Gasteiger charge is 2.04. The molecule has 0 atom stereocenters. The van der Waals surface area contributed by atoms with Crippen molar-refractivity contribution in [2.75, 3.05) is 19.5 Å². The molecule has 6 nitrogen and oxygen atoms in total. The van der Waals surface area contributed by atoms with Crippen LogP contribution in [0.3, 0.4) is 0 Å². The Hall–Kier alpha value is -2.76. The van der Waals surface area contributed by atoms with Gasteiger partial charge < -0.3 is 20.5 Å². The molecule has 1 aromatic carbocycles. The number of nitrogen functional groups attached to an aromatic ring is 1. The Labute approximate surface area is 122 Å². The highest BCUT2D eigenvalue weighted by molar-refractivity contribution is 5.77. The van der Waals surface area contributed by atoms with Gasteiger partial charge in [0.05, 0.1) is 7.11 Å². The molecule has 110 valence electrons. The summed E-state index contributed by atoms with van der Waals surface area (Å²) in [6.45, 7) is 0.342. The molecule has 0 radical (unpaired) electrons. The summed E-state index contributed by atoms with van der Waals surface area (Å²) in [4.78, 5) is 15.7. The number of anilines is 1. The number of carbonyl (C=O) groups excluding carboxylic acids is 1. The third-order valence-corrected chi connectivity index (χ3v) is 2.75. The lowest BCUT2D eigenvalue weighted by Crippen LogP contribution is -2.28. The molecule has 0 fully saturated rings. The molecule has 2 rings (SSSR count). The third-order valence-electron chi connectivity index (χ3n) is 2.75. The molecule has 21 heavy (non-hydrogen) atoms. The Morgan fingerprint density at radius 3 is 2.76 bits per heavy atom. The molecule has 2 aromatic rings. The van der Waals surface area contributed by atoms with Crippen LogP contribution < -0.4 is 20.5 Å². The van der Waals surface area contributed by atoms with Crippen molar-refractivity contribution in [3.05, 3.63) is 48.2 Å². The van der Waals surface area contributed by atoms with Crippen LogP contribution in [0.4, 0.5) is 5.69 Å². The monoisotopic (exact) mass is 287 g/mol. The van der Waals surface area contributed by atoms with E-state index in [-0.39, 0.29) is 12.5 Å². The first-order valence-corrected chi connectivity index (χ1v) is 6.41. The number of rotatable bonds is 6. The quantitative estimate of drug-likeness (QED) is 0.784. The summed E-state index contributed by atoms with van der Waals surface area (Å²) in [7, 11) is 1.55. The van der Waals surface area contributed by atoms with E-state index in [1.165, 1.54) is 0 Å². The lowest BCUT2D eigenvalue weighted by Gasteiger charge is -2.08. The number of methoxy groups -OCH3 is 1. The lowest BCUT2D eigenvalue weighted by atomic mass is 10.2. The fourth-order valence-electron chi connectivity index (χ4n) is 1.64. The molecule has 1 heterocycles. The van der Waals surface area contributed by atoms with Crippen LogP contribution in [-0.4, -0.2) is 24.6 Å². The van der Waals surface area contributed by atoms with Gasteiger partial charge in [0, 0.05) is 24.5 Å². The van der Waals surface area contributed by atoms with E-state index in [9.17, 15) is 4.79 Å². The van der Waals surface area contributed by atoms with Crippen molar-refractivity contribution in [1.82, 2.24) is 10.3 Å². The largest absolute Gasteiger partial charge is 0.484 e. The van der Waals surface area contributed by atoms with Crippen molar-refractivity contribution in [2.45, 2.75) is 6.54 Å². The van der Waals surface area contributed by atoms with Crippen molar-refractivity contribution in [1.29, 1.82) is 0 Å². The minimum absolute atomic E-state index is 0.0495. The van der Waals surface area contributed by atoms with E-state index in [4.69, 9.17) is 15.2 Å². The first-order valence-electron chi connectivity index (χ1n) is 6.41. The van der Waals surface area contributed by atoms with Crippen LogP contribution in [0.2, 0.25) is 0 Å². The Kier molecular flexibility index (Phi) is 4.98. The summed E-state index contributed by atoms with van der Waals surface area (Å²) in [5.41, 5.74) is 7.12. The van der Waals surface area contributed by atoms with Crippen LogP contribution in [0.25, 0.3) is 0 Å². The van der Waals surface area contributed by atoms with Gasteiger partial charge in [-0.05, 0) is 35.9 Å². The normalized spacial score (nSPS) is 9.95. The number of nitrogens with zero attached hydrogens (tertiary/aromatic N) is 1. The number of benzene rings is 1. The van der Waals surface area contributed by atoms with Gasteiger partial charge in [0.2, 0.25) is 5.88 Å². The number of nitrogens with one attached hydrogen (secondary N) is 1. The summed E-state index contributed by atoms with van der Waals surface area (Å²) >= 11 is 0. The number of pyridine rings is 1. The number of amides is 1. The molecule has 0 saturated carbocycles. The van der Waals surface area contributed by atoms with E-state index in [2.05, 4.69) is 10.3 Å². The van der Waals surface area contributed by atoms with Crippen molar-refractivity contribution in [3.63, 3.8) is 0 Å². The molecule has 1 aromatic heterocycles. The zero-order valence-corrected chi connectivity index (χ0v) is 11.7. The highest BCUT2D eigenvalue weighted by Crippen LogP contribution is 2.12. The topological polar surface area (TPSA) is 86.5 Å². The number of ether oxygens (including phenoxy) is 2. The minimum atomic E-state index is -0.206. The van der Waals surface area contributed by atoms with E-state index < -0.39 is 0 Å². The van der Waals surface area contributed by atoms with E-state index in [0.717, 1.165) is 5.56 Å². The van der Waals surface area contributed by atoms with Gasteiger partial charge in [-0.25, -0.2) is 4.98 Å². The van der Waals surface area contributed by atoms with Crippen molar-refractivity contribution in [2.24, 2.45) is 0 Å². The second kappa shape index (κ2) is 7.14. The second-order valence-corrected chi connectivity index (χ2v) is 4.34. The second-order valence-electron chi connectivity index (χ2n) is 4.34. The molecule has 1 amide bonds. The zero-order chi connectivity index (χ0) is 15.1. The van der Waals surface area contributed by atoms with E-state index in [1.807, 2.05) is 6.07 Å². The molecule has 3 N–H and O–H groups in total. The maximum absolute atomic E-state index is 11.7. The molecule has 0 spiro atoms. The van der Waals surface area contributed by atoms with E-state index in [1.54, 1.807) is 43.6 Å². The molecule has 0 unspecified atom stereocenters. The lowest BCUT2D eigenvalue weighted by molar-refractivity contribution is -0.123. The van der Waals surface area contributed by atoms with Gasteiger partial charge in [-0.15, -0.1) is 0 Å². The summed E-state index contributed by atoms with van der Waals surface area (Å²) in [5.74, 6) is 0.910. The van der Waals surface area contributed by atoms with E-state index >= 15 is 0 Å². The fourth-order valence-corrected chi connectivity index (χ4v) is 1.64. The molecule has 0 bridgehead atoms. The molecule has 0 aliphatic carbocycles. The molecule has 6 heteroatoms. The van der Waals surface area contributed by atoms with Crippen LogP contribution in [-0.2, 0) is 11.3 Å². The van der Waals surface area contributed by atoms with Gasteiger partial charge in [0.1, 0.15) is 5.75 Å². The third kappa shape index (κ3) is 4.68. The van der Waals surface area contributed by atoms with Crippen LogP contribution in [0.1, 0.15) is 5.56 Å². The first-order chi connectivity index (χ1) is 10.2. The molecule has 0 saturated heterocycles. The SMILES string of the molecule is COc1cc(CNC(=O)COc2ccc(N)cc2)ccn1. The van der Waals surface area contributed by atoms with Gasteiger partial charge in [-0.2, -0.15) is 0 Å². The maximum Gasteiger partial charge on any atom is 0.258 e. The number of hydrogen-bond donors (Lipinski definition) is 2. The van der Waals surface area contributed by atoms with Gasteiger partial charge in [-0.1, -0.05) is 0 Å². The number of hydrogen-bond acceptors (Lipinski definition) is 5. The molecule has 0 aliphatic heterocycles. The summed E-state index contributed by atoms with van der Waals surface area (Å²) in [5, 5.41) is 2.76. The van der Waals surface area contributed by atoms with Gasteiger partial charge in [0.15, 0.2) is 6.61 Å². The van der Waals surface area contributed by atoms with Crippen molar-refractivity contribution in [3.8, 4) is 11.6 Å². The molecular weight excluding hydrogens is 270 g/mol. The van der Waals surface area contributed by atoms with Crippen LogP contribution in [0.5, 0.6) is 11.6 Å². The standard InChI is InChI=1S/C15H17N3O3/c1-20-15-8-11(6-7-17-15)9-18-14(19)10-21-13-4-2-12(16)3-5-13/h2-8H,9-10,16H2,1H3,(H,18,19). The Morgan fingerprint density at radius 2 is 2.05 bits per heavy atom. The number of nitrogens with two attached hydrogens (primary N) is 1. The van der Waals surface area contributed by atoms with Gasteiger partial charge in [0.25, 0.3) is 5.91 Å². The minimum Gasteiger partial charge on any atom is -0.484 e. The fraction of sp³-hybridized carbons (Fsp3) is 0.200. The van der Waals surface area contributed by atoms with Gasteiger partial charge >= 0.3 is 0 Å². The summed E-state index contributed by atoms with van der Waals surface area (Å²) in [6.07, 6.45) is 1.63. The zero-order valence-electron chi connectivity index (χ0n) is 11.7. The predicted octanol–water partition coefficient (Wildman–Crippen LogP) is 1.37. The Balaban J connectivity index is 1.78.